The summed E-state index contributed by atoms with van der Waals surface area (Å²) in [6.45, 7) is 0. The smallest absolute Gasteiger partial charge is 0.338 e. The average molecular weight is 380 g/mol. The normalized spacial score (nSPS) is 16.6. The highest BCUT2D eigenvalue weighted by molar-refractivity contribution is 9.10. The molecule has 1 N–H and O–H groups in total. The van der Waals surface area contributed by atoms with Crippen LogP contribution in [0.1, 0.15) is 36.0 Å². The van der Waals surface area contributed by atoms with Crippen LogP contribution >= 0.6 is 15.9 Å². The number of carbonyl (C=O) groups is 1. The second-order valence-corrected chi connectivity index (χ2v) is 7.91. The summed E-state index contributed by atoms with van der Waals surface area (Å²) in [5.74, 6) is -2.73. The minimum Gasteiger partial charge on any atom is -0.478 e. The van der Waals surface area contributed by atoms with Crippen molar-refractivity contribution in [3.8, 4) is 0 Å². The van der Waals surface area contributed by atoms with Crippen molar-refractivity contribution >= 4 is 31.9 Å². The molecule has 1 aliphatic carbocycles. The maximum atomic E-state index is 14.2. The second-order valence-electron chi connectivity index (χ2n) is 5.03. The minimum atomic E-state index is -4.07. The van der Waals surface area contributed by atoms with Crippen molar-refractivity contribution < 1.29 is 22.7 Å². The number of carboxylic acid groups (broad SMARTS) is 1. The van der Waals surface area contributed by atoms with Gasteiger partial charge in [-0.3, -0.25) is 0 Å². The van der Waals surface area contributed by atoms with Crippen molar-refractivity contribution in [2.24, 2.45) is 0 Å². The van der Waals surface area contributed by atoms with Crippen LogP contribution in [0.5, 0.6) is 0 Å². The summed E-state index contributed by atoms with van der Waals surface area (Å²) in [6.07, 6.45) is 3.34. The number of nitrogens with zero attached hydrogens (tertiary/aromatic N) is 1. The zero-order valence-corrected chi connectivity index (χ0v) is 13.7. The van der Waals surface area contributed by atoms with E-state index in [0.29, 0.717) is 0 Å². The number of hydrogen-bond acceptors (Lipinski definition) is 3. The van der Waals surface area contributed by atoms with Crippen molar-refractivity contribution in [3.05, 3.63) is 28.0 Å². The van der Waals surface area contributed by atoms with Crippen molar-refractivity contribution in [1.29, 1.82) is 0 Å². The first-order valence-electron chi connectivity index (χ1n) is 6.45. The number of carboxylic acids is 1. The Bertz CT molecular complexity index is 671. The predicted molar refractivity (Wildman–Crippen MR) is 78.3 cm³/mol. The molecule has 0 saturated heterocycles. The largest absolute Gasteiger partial charge is 0.478 e. The Hall–Kier alpha value is -0.990. The highest BCUT2D eigenvalue weighted by Crippen LogP contribution is 2.30. The van der Waals surface area contributed by atoms with E-state index in [-0.39, 0.29) is 10.5 Å². The molecule has 1 aliphatic rings. The molecule has 116 valence electrons. The van der Waals surface area contributed by atoms with Crippen molar-refractivity contribution in [1.82, 2.24) is 4.31 Å². The fraction of sp³-hybridized carbons (Fsp3) is 0.462. The number of aromatic carboxylic acids is 1. The zero-order valence-electron chi connectivity index (χ0n) is 11.3. The standard InChI is InChI=1S/C13H15BrFNO4S/c1-16(9-4-2-3-5-9)21(19,20)11-7-8(14)6-10(12(11)15)13(17)18/h6-7,9H,2-5H2,1H3,(H,17,18). The quantitative estimate of drug-likeness (QED) is 0.872. The molecule has 1 aromatic carbocycles. The number of sulfonamides is 1. The summed E-state index contributed by atoms with van der Waals surface area (Å²) in [5.41, 5.74) is -0.664. The molecule has 5 nitrogen and oxygen atoms in total. The third kappa shape index (κ3) is 3.12. The average Bonchev–Trinajstić information content (AvgIpc) is 2.93. The van der Waals surface area contributed by atoms with Crippen LogP contribution in [0.25, 0.3) is 0 Å². The molecule has 21 heavy (non-hydrogen) atoms. The fourth-order valence-corrected chi connectivity index (χ4v) is 4.66. The van der Waals surface area contributed by atoms with Gasteiger partial charge in [-0.05, 0) is 25.0 Å². The first-order chi connectivity index (χ1) is 9.75. The van der Waals surface area contributed by atoms with Gasteiger partial charge in [0.25, 0.3) is 0 Å². The van der Waals surface area contributed by atoms with Gasteiger partial charge in [0.05, 0.1) is 5.56 Å². The number of benzene rings is 1. The van der Waals surface area contributed by atoms with E-state index in [1.807, 2.05) is 0 Å². The minimum absolute atomic E-state index is 0.165. The molecule has 0 amide bonds. The van der Waals surface area contributed by atoms with Crippen LogP contribution in [0.4, 0.5) is 4.39 Å². The summed E-state index contributed by atoms with van der Waals surface area (Å²) < 4.78 is 40.7. The van der Waals surface area contributed by atoms with Gasteiger partial charge in [-0.15, -0.1) is 0 Å². The van der Waals surface area contributed by atoms with Crippen LogP contribution in [0, 0.1) is 5.82 Å². The van der Waals surface area contributed by atoms with Crippen molar-refractivity contribution in [2.75, 3.05) is 7.05 Å². The van der Waals surface area contributed by atoms with Crippen LogP contribution in [0.2, 0.25) is 0 Å². The van der Waals surface area contributed by atoms with Gasteiger partial charge in [0.1, 0.15) is 4.90 Å². The lowest BCUT2D eigenvalue weighted by Gasteiger charge is -2.24. The SMILES string of the molecule is CN(C1CCCC1)S(=O)(=O)c1cc(Br)cc(C(=O)O)c1F. The van der Waals surface area contributed by atoms with Crippen molar-refractivity contribution in [3.63, 3.8) is 0 Å². The lowest BCUT2D eigenvalue weighted by molar-refractivity contribution is 0.0691. The van der Waals surface area contributed by atoms with Gasteiger partial charge in [-0.1, -0.05) is 28.8 Å². The fourth-order valence-electron chi connectivity index (χ4n) is 2.53. The van der Waals surface area contributed by atoms with E-state index in [0.717, 1.165) is 42.1 Å². The van der Waals surface area contributed by atoms with Crippen LogP contribution < -0.4 is 0 Å². The number of rotatable bonds is 4. The molecule has 1 aromatic rings. The van der Waals surface area contributed by atoms with Crippen LogP contribution in [-0.4, -0.2) is 36.9 Å². The maximum Gasteiger partial charge on any atom is 0.338 e. The number of halogens is 2. The molecule has 2 rings (SSSR count). The molecule has 1 saturated carbocycles. The van der Waals surface area contributed by atoms with Gasteiger partial charge in [0, 0.05) is 17.6 Å². The van der Waals surface area contributed by atoms with Gasteiger partial charge >= 0.3 is 5.97 Å². The molecule has 0 radical (unpaired) electrons. The van der Waals surface area contributed by atoms with Crippen LogP contribution in [0.3, 0.4) is 0 Å². The van der Waals surface area contributed by atoms with E-state index >= 15 is 0 Å². The lowest BCUT2D eigenvalue weighted by atomic mass is 10.2. The molecule has 0 aromatic heterocycles. The summed E-state index contributed by atoms with van der Waals surface area (Å²) >= 11 is 3.03. The van der Waals surface area contributed by atoms with E-state index in [1.165, 1.54) is 7.05 Å². The van der Waals surface area contributed by atoms with Gasteiger partial charge < -0.3 is 5.11 Å². The molecular formula is C13H15BrFNO4S. The topological polar surface area (TPSA) is 74.7 Å². The lowest BCUT2D eigenvalue weighted by Crippen LogP contribution is -2.35. The maximum absolute atomic E-state index is 14.2. The molecule has 1 fully saturated rings. The molecular weight excluding hydrogens is 365 g/mol. The molecule has 0 bridgehead atoms. The molecule has 0 heterocycles. The monoisotopic (exact) mass is 379 g/mol. The van der Waals surface area contributed by atoms with E-state index in [4.69, 9.17) is 5.11 Å². The van der Waals surface area contributed by atoms with Crippen molar-refractivity contribution in [2.45, 2.75) is 36.6 Å². The second kappa shape index (κ2) is 6.02. The molecule has 0 aliphatic heterocycles. The molecule has 0 unspecified atom stereocenters. The Morgan fingerprint density at radius 1 is 1.38 bits per heavy atom. The van der Waals surface area contributed by atoms with Gasteiger partial charge in [0.2, 0.25) is 10.0 Å². The van der Waals surface area contributed by atoms with E-state index in [1.54, 1.807) is 0 Å². The first-order valence-corrected chi connectivity index (χ1v) is 8.69. The summed E-state index contributed by atoms with van der Waals surface area (Å²) in [7, 11) is -2.66. The van der Waals surface area contributed by atoms with E-state index in [2.05, 4.69) is 15.9 Å². The van der Waals surface area contributed by atoms with E-state index in [9.17, 15) is 17.6 Å². The Kier molecular flexibility index (Phi) is 4.69. The molecule has 8 heteroatoms. The summed E-state index contributed by atoms with van der Waals surface area (Å²) in [6, 6.07) is 1.98. The van der Waals surface area contributed by atoms with Crippen LogP contribution in [-0.2, 0) is 10.0 Å². The van der Waals surface area contributed by atoms with Gasteiger partial charge in [-0.25, -0.2) is 17.6 Å². The van der Waals surface area contributed by atoms with Crippen LogP contribution in [0.15, 0.2) is 21.5 Å². The summed E-state index contributed by atoms with van der Waals surface area (Å²) in [5, 5.41) is 8.96. The highest BCUT2D eigenvalue weighted by atomic mass is 79.9. The Balaban J connectivity index is 2.51. The third-order valence-electron chi connectivity index (χ3n) is 3.73. The third-order valence-corrected chi connectivity index (χ3v) is 6.10. The van der Waals surface area contributed by atoms with Gasteiger partial charge in [-0.2, -0.15) is 4.31 Å². The Morgan fingerprint density at radius 2 is 1.95 bits per heavy atom. The van der Waals surface area contributed by atoms with Gasteiger partial charge in [0.15, 0.2) is 5.82 Å². The first kappa shape index (κ1) is 16.4. The predicted octanol–water partition coefficient (Wildman–Crippen LogP) is 2.85. The molecule has 0 spiro atoms. The Morgan fingerprint density at radius 3 is 2.48 bits per heavy atom. The zero-order chi connectivity index (χ0) is 15.8. The molecule has 0 atom stereocenters. The van der Waals surface area contributed by atoms with E-state index < -0.39 is 32.3 Å². The highest BCUT2D eigenvalue weighted by Gasteiger charge is 2.33. The Labute approximate surface area is 130 Å². The summed E-state index contributed by atoms with van der Waals surface area (Å²) in [4.78, 5) is 10.4. The number of hydrogen-bond donors (Lipinski definition) is 1.